The van der Waals surface area contributed by atoms with Gasteiger partial charge in [-0.25, -0.2) is 0 Å². The first kappa shape index (κ1) is 14.4. The Balaban J connectivity index is 1.87. The van der Waals surface area contributed by atoms with Crippen LogP contribution in [0.25, 0.3) is 0 Å². The summed E-state index contributed by atoms with van der Waals surface area (Å²) in [6.07, 6.45) is 1.23. The summed E-state index contributed by atoms with van der Waals surface area (Å²) in [7, 11) is 3.93. The van der Waals surface area contributed by atoms with Crippen molar-refractivity contribution >= 4 is 0 Å². The molecule has 0 radical (unpaired) electrons. The molecule has 0 saturated carbocycles. The summed E-state index contributed by atoms with van der Waals surface area (Å²) in [5, 5.41) is 3.71. The van der Waals surface area contributed by atoms with E-state index < -0.39 is 0 Å². The van der Waals surface area contributed by atoms with Crippen LogP contribution in [-0.4, -0.2) is 37.7 Å². The second-order valence-electron chi connectivity index (χ2n) is 5.84. The first-order valence-electron chi connectivity index (χ1n) is 7.16. The second-order valence-corrected chi connectivity index (χ2v) is 5.84. The number of nitrogens with one attached hydrogen (secondary N) is 1. The molecule has 0 amide bonds. The number of piperidine rings is 1. The average Bonchev–Trinajstić information content (AvgIpc) is 2.42. The molecule has 3 atom stereocenters. The molecule has 0 aromatic heterocycles. The molecule has 1 saturated heterocycles. The second kappa shape index (κ2) is 6.40. The number of nitrogens with zero attached hydrogens (tertiary/aromatic N) is 1. The van der Waals surface area contributed by atoms with Crippen LogP contribution in [0.1, 0.15) is 25.8 Å². The molecule has 0 unspecified atom stereocenters. The third-order valence-corrected chi connectivity index (χ3v) is 4.34. The van der Waals surface area contributed by atoms with Crippen LogP contribution in [0.2, 0.25) is 0 Å². The van der Waals surface area contributed by atoms with Crippen LogP contribution >= 0.6 is 0 Å². The fourth-order valence-corrected chi connectivity index (χ4v) is 2.82. The number of hydrogen-bond donors (Lipinski definition) is 1. The van der Waals surface area contributed by atoms with Gasteiger partial charge in [0, 0.05) is 25.2 Å². The van der Waals surface area contributed by atoms with Crippen molar-refractivity contribution < 1.29 is 4.74 Å². The van der Waals surface area contributed by atoms with E-state index in [0.717, 1.165) is 12.3 Å². The van der Waals surface area contributed by atoms with Gasteiger partial charge >= 0.3 is 0 Å². The molecular formula is C16H26N2O. The van der Waals surface area contributed by atoms with Gasteiger partial charge in [0.15, 0.2) is 0 Å². The van der Waals surface area contributed by atoms with Gasteiger partial charge in [-0.05, 0) is 44.0 Å². The average molecular weight is 262 g/mol. The fourth-order valence-electron chi connectivity index (χ4n) is 2.82. The molecule has 106 valence electrons. The lowest BCUT2D eigenvalue weighted by atomic mass is 9.90. The number of hydrogen-bond acceptors (Lipinski definition) is 3. The first-order chi connectivity index (χ1) is 9.10. The molecule has 1 N–H and O–H groups in total. The lowest BCUT2D eigenvalue weighted by Gasteiger charge is -2.40. The summed E-state index contributed by atoms with van der Waals surface area (Å²) in [6.45, 7) is 6.78. The molecule has 3 nitrogen and oxygen atoms in total. The molecule has 1 aromatic carbocycles. The van der Waals surface area contributed by atoms with Crippen LogP contribution in [0.15, 0.2) is 24.3 Å². The van der Waals surface area contributed by atoms with E-state index in [0.29, 0.717) is 18.0 Å². The standard InChI is InChI=1S/C16H26N2O/c1-12-11-18(3)13(2)9-16(12)17-10-14-5-7-15(19-4)8-6-14/h5-8,12-13,16-17H,9-11H2,1-4H3/t12-,13-,16-/m1/s1. The number of likely N-dealkylation sites (tertiary alicyclic amines) is 1. The lowest BCUT2D eigenvalue weighted by molar-refractivity contribution is 0.121. The maximum absolute atomic E-state index is 5.18. The molecule has 2 rings (SSSR count). The van der Waals surface area contributed by atoms with E-state index in [9.17, 15) is 0 Å². The molecular weight excluding hydrogens is 236 g/mol. The highest BCUT2D eigenvalue weighted by Gasteiger charge is 2.28. The van der Waals surface area contributed by atoms with Gasteiger partial charge in [-0.1, -0.05) is 19.1 Å². The maximum atomic E-state index is 5.18. The van der Waals surface area contributed by atoms with E-state index in [1.165, 1.54) is 18.5 Å². The number of benzene rings is 1. The molecule has 0 spiro atoms. The van der Waals surface area contributed by atoms with Gasteiger partial charge in [0.05, 0.1) is 7.11 Å². The predicted molar refractivity (Wildman–Crippen MR) is 79.5 cm³/mol. The van der Waals surface area contributed by atoms with Gasteiger partial charge in [0.1, 0.15) is 5.75 Å². The Hall–Kier alpha value is -1.06. The van der Waals surface area contributed by atoms with E-state index in [1.54, 1.807) is 7.11 Å². The zero-order valence-corrected chi connectivity index (χ0v) is 12.5. The van der Waals surface area contributed by atoms with Crippen LogP contribution in [0, 0.1) is 5.92 Å². The van der Waals surface area contributed by atoms with Crippen LogP contribution in [0.3, 0.4) is 0 Å². The summed E-state index contributed by atoms with van der Waals surface area (Å²) in [5.74, 6) is 1.63. The monoisotopic (exact) mass is 262 g/mol. The Bertz CT molecular complexity index is 390. The Kier molecular flexibility index (Phi) is 4.83. The van der Waals surface area contributed by atoms with Gasteiger partial charge in [0.25, 0.3) is 0 Å². The minimum Gasteiger partial charge on any atom is -0.497 e. The zero-order valence-electron chi connectivity index (χ0n) is 12.5. The topological polar surface area (TPSA) is 24.5 Å². The van der Waals surface area contributed by atoms with Crippen molar-refractivity contribution in [3.05, 3.63) is 29.8 Å². The van der Waals surface area contributed by atoms with Crippen molar-refractivity contribution in [1.29, 1.82) is 0 Å². The molecule has 19 heavy (non-hydrogen) atoms. The van der Waals surface area contributed by atoms with Gasteiger partial charge in [-0.2, -0.15) is 0 Å². The van der Waals surface area contributed by atoms with Crippen molar-refractivity contribution in [3.63, 3.8) is 0 Å². The van der Waals surface area contributed by atoms with Crippen molar-refractivity contribution in [2.24, 2.45) is 5.92 Å². The van der Waals surface area contributed by atoms with Crippen LogP contribution < -0.4 is 10.1 Å². The summed E-state index contributed by atoms with van der Waals surface area (Å²) in [5.41, 5.74) is 1.32. The Morgan fingerprint density at radius 3 is 2.58 bits per heavy atom. The maximum Gasteiger partial charge on any atom is 0.118 e. The van der Waals surface area contributed by atoms with Crippen LogP contribution in [0.5, 0.6) is 5.75 Å². The predicted octanol–water partition coefficient (Wildman–Crippen LogP) is 2.51. The smallest absolute Gasteiger partial charge is 0.118 e. The van der Waals surface area contributed by atoms with E-state index in [-0.39, 0.29) is 0 Å². The molecule has 1 aliphatic rings. The minimum absolute atomic E-state index is 0.619. The van der Waals surface area contributed by atoms with E-state index in [1.807, 2.05) is 12.1 Å². The number of rotatable bonds is 4. The Labute approximate surface area is 116 Å². The molecule has 0 aliphatic carbocycles. The van der Waals surface area contributed by atoms with Crippen molar-refractivity contribution in [1.82, 2.24) is 10.2 Å². The first-order valence-corrected chi connectivity index (χ1v) is 7.16. The van der Waals surface area contributed by atoms with Crippen LogP contribution in [0.4, 0.5) is 0 Å². The van der Waals surface area contributed by atoms with E-state index in [4.69, 9.17) is 4.74 Å². The Morgan fingerprint density at radius 1 is 1.26 bits per heavy atom. The summed E-state index contributed by atoms with van der Waals surface area (Å²) < 4.78 is 5.18. The highest BCUT2D eigenvalue weighted by Crippen LogP contribution is 2.21. The number of methoxy groups -OCH3 is 1. The molecule has 3 heteroatoms. The summed E-state index contributed by atoms with van der Waals surface area (Å²) in [4.78, 5) is 2.45. The fraction of sp³-hybridized carbons (Fsp3) is 0.625. The SMILES string of the molecule is COc1ccc(CN[C@@H]2C[C@@H](C)N(C)C[C@H]2C)cc1. The normalized spacial score (nSPS) is 28.3. The van der Waals surface area contributed by atoms with E-state index >= 15 is 0 Å². The molecule has 1 fully saturated rings. The molecule has 1 heterocycles. The van der Waals surface area contributed by atoms with Crippen molar-refractivity contribution in [3.8, 4) is 5.75 Å². The highest BCUT2D eigenvalue weighted by atomic mass is 16.5. The van der Waals surface area contributed by atoms with Gasteiger partial charge in [-0.15, -0.1) is 0 Å². The molecule has 1 aromatic rings. The lowest BCUT2D eigenvalue weighted by Crippen LogP contribution is -2.50. The third-order valence-electron chi connectivity index (χ3n) is 4.34. The minimum atomic E-state index is 0.619. The van der Waals surface area contributed by atoms with Crippen LogP contribution in [-0.2, 0) is 6.54 Å². The third kappa shape index (κ3) is 3.71. The largest absolute Gasteiger partial charge is 0.497 e. The highest BCUT2D eigenvalue weighted by molar-refractivity contribution is 5.27. The quantitative estimate of drug-likeness (QED) is 0.902. The van der Waals surface area contributed by atoms with Gasteiger partial charge < -0.3 is 15.0 Å². The zero-order chi connectivity index (χ0) is 13.8. The molecule has 1 aliphatic heterocycles. The van der Waals surface area contributed by atoms with Crippen molar-refractivity contribution in [2.75, 3.05) is 20.7 Å². The summed E-state index contributed by atoms with van der Waals surface area (Å²) >= 11 is 0. The van der Waals surface area contributed by atoms with Gasteiger partial charge in [0.2, 0.25) is 0 Å². The Morgan fingerprint density at radius 2 is 1.95 bits per heavy atom. The number of ether oxygens (including phenoxy) is 1. The van der Waals surface area contributed by atoms with Crippen molar-refractivity contribution in [2.45, 2.75) is 38.9 Å². The van der Waals surface area contributed by atoms with E-state index in [2.05, 4.69) is 43.2 Å². The molecule has 0 bridgehead atoms. The summed E-state index contributed by atoms with van der Waals surface area (Å²) in [6, 6.07) is 9.61. The van der Waals surface area contributed by atoms with Gasteiger partial charge in [-0.3, -0.25) is 0 Å².